The second-order valence-corrected chi connectivity index (χ2v) is 9.17. The first-order valence-electron chi connectivity index (χ1n) is 9.78. The van der Waals surface area contributed by atoms with Crippen molar-refractivity contribution in [1.82, 2.24) is 0 Å². The number of hydrogen-bond donors (Lipinski definition) is 1. The number of rotatable bonds is 6. The summed E-state index contributed by atoms with van der Waals surface area (Å²) in [5.41, 5.74) is 3.39. The molecule has 6 nitrogen and oxygen atoms in total. The van der Waals surface area contributed by atoms with Crippen LogP contribution in [-0.2, 0) is 5.41 Å². The number of nitro groups is 1. The summed E-state index contributed by atoms with van der Waals surface area (Å²) in [4.78, 5) is 27.8. The van der Waals surface area contributed by atoms with Gasteiger partial charge in [-0.25, -0.2) is 0 Å². The number of carbonyl (C=O) groups excluding carboxylic acids is 1. The van der Waals surface area contributed by atoms with Crippen LogP contribution in [0, 0.1) is 10.1 Å². The first kappa shape index (κ1) is 22.4. The Morgan fingerprint density at radius 3 is 2.45 bits per heavy atom. The van der Waals surface area contributed by atoms with Gasteiger partial charge in [0.2, 0.25) is 0 Å². The van der Waals surface area contributed by atoms with E-state index < -0.39 is 4.92 Å². The van der Waals surface area contributed by atoms with Gasteiger partial charge in [-0.05, 0) is 23.5 Å². The van der Waals surface area contributed by atoms with Crippen LogP contribution in [0.25, 0.3) is 10.4 Å². The molecule has 0 amide bonds. The van der Waals surface area contributed by atoms with Gasteiger partial charge >= 0.3 is 0 Å². The Labute approximate surface area is 185 Å². The van der Waals surface area contributed by atoms with Gasteiger partial charge in [-0.3, -0.25) is 19.9 Å². The molecule has 0 aliphatic rings. The summed E-state index contributed by atoms with van der Waals surface area (Å²) in [5, 5.41) is 23.4. The first-order valence-corrected chi connectivity index (χ1v) is 10.7. The first-order chi connectivity index (χ1) is 14.6. The third-order valence-electron chi connectivity index (χ3n) is 5.01. The second kappa shape index (κ2) is 8.81. The van der Waals surface area contributed by atoms with Crippen LogP contribution in [0.2, 0.25) is 0 Å². The normalized spacial score (nSPS) is 12.1. The highest BCUT2D eigenvalue weighted by Gasteiger charge is 2.17. The van der Waals surface area contributed by atoms with Crippen LogP contribution >= 0.6 is 11.3 Å². The molecule has 0 radical (unpaired) electrons. The predicted molar refractivity (Wildman–Crippen MR) is 125 cm³/mol. The average molecular weight is 437 g/mol. The summed E-state index contributed by atoms with van der Waals surface area (Å²) in [7, 11) is 0. The molecule has 0 aliphatic heterocycles. The van der Waals surface area contributed by atoms with E-state index in [0.717, 1.165) is 10.4 Å². The van der Waals surface area contributed by atoms with E-state index in [-0.39, 0.29) is 34.7 Å². The van der Waals surface area contributed by atoms with Gasteiger partial charge in [0, 0.05) is 34.4 Å². The Morgan fingerprint density at radius 2 is 1.84 bits per heavy atom. The molecule has 0 fully saturated rings. The van der Waals surface area contributed by atoms with E-state index >= 15 is 0 Å². The third kappa shape index (κ3) is 5.06. The quantitative estimate of drug-likeness (QED) is 0.221. The predicted octanol–water partition coefficient (Wildman–Crippen LogP) is 6.02. The summed E-state index contributed by atoms with van der Waals surface area (Å²) in [6.07, 6.45) is 0. The summed E-state index contributed by atoms with van der Waals surface area (Å²) in [5.74, 6) is -0.187. The summed E-state index contributed by atoms with van der Waals surface area (Å²) in [6.45, 7) is 8.03. The molecule has 1 aromatic heterocycles. The number of non-ortho nitro benzene ring substituents is 1. The van der Waals surface area contributed by atoms with Crippen molar-refractivity contribution in [1.29, 1.82) is 0 Å². The van der Waals surface area contributed by atoms with Crippen molar-refractivity contribution in [3.8, 4) is 16.2 Å². The minimum absolute atomic E-state index is 0.0517. The number of nitro benzene ring substituents is 1. The van der Waals surface area contributed by atoms with Crippen LogP contribution in [-0.4, -0.2) is 28.1 Å². The number of carbonyl (C=O) groups is 1. The number of nitrogens with zero attached hydrogens (tertiary/aromatic N) is 2. The van der Waals surface area contributed by atoms with Crippen molar-refractivity contribution in [2.45, 2.75) is 33.1 Å². The van der Waals surface area contributed by atoms with Gasteiger partial charge < -0.3 is 5.11 Å². The third-order valence-corrected chi connectivity index (χ3v) is 6.02. The van der Waals surface area contributed by atoms with Gasteiger partial charge in [0.05, 0.1) is 9.80 Å². The zero-order valence-corrected chi connectivity index (χ0v) is 18.7. The SMILES string of the molecule is CC(=NCC(=O)c1cccc([N+](=O)[O-])c1)c1csc(-c2ccc(C(C)(C)C)cc2)c1O. The Hall–Kier alpha value is -3.32. The molecule has 0 bridgehead atoms. The van der Waals surface area contributed by atoms with Crippen LogP contribution in [0.3, 0.4) is 0 Å². The molecule has 1 heterocycles. The van der Waals surface area contributed by atoms with Gasteiger partial charge in [0.1, 0.15) is 12.3 Å². The summed E-state index contributed by atoms with van der Waals surface area (Å²) >= 11 is 1.42. The van der Waals surface area contributed by atoms with Crippen molar-refractivity contribution >= 4 is 28.5 Å². The van der Waals surface area contributed by atoms with E-state index in [1.807, 2.05) is 17.5 Å². The van der Waals surface area contributed by atoms with Crippen molar-refractivity contribution in [3.63, 3.8) is 0 Å². The van der Waals surface area contributed by atoms with E-state index in [1.165, 1.54) is 41.2 Å². The summed E-state index contributed by atoms with van der Waals surface area (Å²) < 4.78 is 0. The minimum Gasteiger partial charge on any atom is -0.506 e. The Morgan fingerprint density at radius 1 is 1.16 bits per heavy atom. The van der Waals surface area contributed by atoms with E-state index in [9.17, 15) is 20.0 Å². The van der Waals surface area contributed by atoms with E-state index in [4.69, 9.17) is 0 Å². The van der Waals surface area contributed by atoms with Crippen molar-refractivity contribution in [2.24, 2.45) is 4.99 Å². The van der Waals surface area contributed by atoms with Gasteiger partial charge in [0.15, 0.2) is 5.78 Å². The fraction of sp³-hybridized carbons (Fsp3) is 0.250. The lowest BCUT2D eigenvalue weighted by Gasteiger charge is -2.19. The molecule has 3 rings (SSSR count). The van der Waals surface area contributed by atoms with E-state index in [1.54, 1.807) is 6.92 Å². The average Bonchev–Trinajstić information content (AvgIpc) is 3.12. The fourth-order valence-corrected chi connectivity index (χ4v) is 4.11. The maximum atomic E-state index is 12.4. The Bertz CT molecular complexity index is 1160. The molecule has 160 valence electrons. The Kier molecular flexibility index (Phi) is 6.36. The molecule has 7 heteroatoms. The van der Waals surface area contributed by atoms with Gasteiger partial charge in [-0.15, -0.1) is 11.3 Å². The molecule has 0 spiro atoms. The summed E-state index contributed by atoms with van der Waals surface area (Å²) in [6, 6.07) is 13.7. The van der Waals surface area contributed by atoms with Crippen LogP contribution in [0.1, 0.15) is 49.2 Å². The zero-order chi connectivity index (χ0) is 22.8. The van der Waals surface area contributed by atoms with Crippen molar-refractivity contribution in [2.75, 3.05) is 6.54 Å². The van der Waals surface area contributed by atoms with Crippen LogP contribution in [0.5, 0.6) is 5.75 Å². The van der Waals surface area contributed by atoms with Gasteiger partial charge in [-0.2, -0.15) is 0 Å². The fourth-order valence-electron chi connectivity index (χ4n) is 3.09. The number of Topliss-reactive ketones (excluding diaryl/α,β-unsaturated/α-hetero) is 1. The highest BCUT2D eigenvalue weighted by atomic mass is 32.1. The van der Waals surface area contributed by atoms with Crippen molar-refractivity contribution in [3.05, 3.63) is 80.7 Å². The monoisotopic (exact) mass is 436 g/mol. The number of hydrogen-bond acceptors (Lipinski definition) is 6. The van der Waals surface area contributed by atoms with Crippen LogP contribution < -0.4 is 0 Å². The van der Waals surface area contributed by atoms with Crippen LogP contribution in [0.4, 0.5) is 5.69 Å². The number of benzene rings is 2. The molecule has 1 N–H and O–H groups in total. The standard InChI is InChI=1S/C24H24N2O4S/c1-15(25-13-21(27)17-6-5-7-19(12-17)26(29)30)20-14-31-23(22(20)28)16-8-10-18(11-9-16)24(2,3)4/h5-12,14,28H,13H2,1-4H3. The van der Waals surface area contributed by atoms with Crippen molar-refractivity contribution < 1.29 is 14.8 Å². The maximum Gasteiger partial charge on any atom is 0.270 e. The van der Waals surface area contributed by atoms with E-state index in [0.29, 0.717) is 11.3 Å². The molecule has 0 saturated carbocycles. The molecule has 2 aromatic carbocycles. The largest absolute Gasteiger partial charge is 0.506 e. The van der Waals surface area contributed by atoms with Crippen LogP contribution in [0.15, 0.2) is 58.9 Å². The molecule has 0 atom stereocenters. The number of ketones is 1. The second-order valence-electron chi connectivity index (χ2n) is 8.29. The smallest absolute Gasteiger partial charge is 0.270 e. The topological polar surface area (TPSA) is 92.8 Å². The molecule has 31 heavy (non-hydrogen) atoms. The zero-order valence-electron chi connectivity index (χ0n) is 17.9. The highest BCUT2D eigenvalue weighted by molar-refractivity contribution is 7.14. The van der Waals surface area contributed by atoms with E-state index in [2.05, 4.69) is 37.9 Å². The molecular weight excluding hydrogens is 412 g/mol. The molecule has 0 saturated heterocycles. The Balaban J connectivity index is 1.78. The maximum absolute atomic E-state index is 12.4. The molecule has 3 aromatic rings. The lowest BCUT2D eigenvalue weighted by Crippen LogP contribution is -2.10. The molecular formula is C24H24N2O4S. The lowest BCUT2D eigenvalue weighted by molar-refractivity contribution is -0.384. The minimum atomic E-state index is -0.537. The van der Waals surface area contributed by atoms with Gasteiger partial charge in [0.25, 0.3) is 5.69 Å². The number of thiophene rings is 1. The highest BCUT2D eigenvalue weighted by Crippen LogP contribution is 2.39. The number of aliphatic imine (C=N–C) groups is 1. The number of aromatic hydroxyl groups is 1. The molecule has 0 aliphatic carbocycles. The lowest BCUT2D eigenvalue weighted by atomic mass is 9.86. The van der Waals surface area contributed by atoms with Gasteiger partial charge in [-0.1, -0.05) is 57.2 Å². The molecule has 0 unspecified atom stereocenters.